The van der Waals surface area contributed by atoms with E-state index in [1.165, 1.54) is 13.1 Å². The Morgan fingerprint density at radius 3 is 2.41 bits per heavy atom. The summed E-state index contributed by atoms with van der Waals surface area (Å²) in [5, 5.41) is 4.24. The lowest BCUT2D eigenvalue weighted by Gasteiger charge is -2.42. The molecule has 0 aliphatic carbocycles. The van der Waals surface area contributed by atoms with Gasteiger partial charge in [0.15, 0.2) is 0 Å². The number of pyridine rings is 1. The molecule has 2 saturated heterocycles. The van der Waals surface area contributed by atoms with Gasteiger partial charge in [0.1, 0.15) is 5.82 Å². The number of anilines is 1. The quantitative estimate of drug-likeness (QED) is 0.615. The van der Waals surface area contributed by atoms with E-state index in [-0.39, 0.29) is 23.6 Å². The molecule has 0 radical (unpaired) electrons. The van der Waals surface area contributed by atoms with Crippen LogP contribution in [0.15, 0.2) is 55.0 Å². The zero-order valence-corrected chi connectivity index (χ0v) is 17.5. The summed E-state index contributed by atoms with van der Waals surface area (Å²) < 4.78 is 41.9. The molecule has 5 rings (SSSR count). The molecular formula is C23H22F3N5O. The molecule has 2 fully saturated rings. The first-order valence-electron chi connectivity index (χ1n) is 10.5. The zero-order chi connectivity index (χ0) is 22.5. The molecule has 2 atom stereocenters. The van der Waals surface area contributed by atoms with Gasteiger partial charge in [-0.15, -0.1) is 0 Å². The highest BCUT2D eigenvalue weighted by molar-refractivity contribution is 5.98. The number of fused-ring (bicyclic) bond motifs is 2. The van der Waals surface area contributed by atoms with Crippen LogP contribution in [0.4, 0.5) is 19.0 Å². The fourth-order valence-corrected chi connectivity index (χ4v) is 4.94. The Balaban J connectivity index is 1.42. The summed E-state index contributed by atoms with van der Waals surface area (Å²) in [6.07, 6.45) is 1.87. The molecule has 1 aromatic carbocycles. The third-order valence-electron chi connectivity index (χ3n) is 6.38. The van der Waals surface area contributed by atoms with E-state index in [1.807, 2.05) is 28.0 Å². The van der Waals surface area contributed by atoms with Crippen molar-refractivity contribution in [3.63, 3.8) is 0 Å². The van der Waals surface area contributed by atoms with E-state index in [0.29, 0.717) is 30.2 Å². The van der Waals surface area contributed by atoms with Crippen molar-refractivity contribution in [2.75, 3.05) is 18.0 Å². The van der Waals surface area contributed by atoms with Crippen molar-refractivity contribution < 1.29 is 18.0 Å². The first-order chi connectivity index (χ1) is 15.3. The van der Waals surface area contributed by atoms with Gasteiger partial charge in [-0.05, 0) is 44.0 Å². The standard InChI is InChI=1S/C23H22F3N5O/c1-15-19(23(24,25)26)9-11-27-21(15)31-16-7-8-17(31)14-29(13-16)22(32)18-5-2-3-6-20(18)30-12-4-10-28-30/h2-6,9-12,16-17H,7-8,13-14H2,1H3. The molecule has 2 aromatic heterocycles. The van der Waals surface area contributed by atoms with Gasteiger partial charge in [-0.1, -0.05) is 12.1 Å². The smallest absolute Gasteiger partial charge is 0.347 e. The van der Waals surface area contributed by atoms with Crippen molar-refractivity contribution in [2.24, 2.45) is 0 Å². The van der Waals surface area contributed by atoms with E-state index in [4.69, 9.17) is 0 Å². The van der Waals surface area contributed by atoms with Crippen molar-refractivity contribution in [3.8, 4) is 5.69 Å². The summed E-state index contributed by atoms with van der Waals surface area (Å²) in [5.41, 5.74) is 0.736. The van der Waals surface area contributed by atoms with Crippen molar-refractivity contribution >= 4 is 11.7 Å². The van der Waals surface area contributed by atoms with Crippen LogP contribution < -0.4 is 4.90 Å². The number of hydrogen-bond acceptors (Lipinski definition) is 4. The number of para-hydroxylation sites is 1. The van der Waals surface area contributed by atoms with Gasteiger partial charge in [-0.2, -0.15) is 18.3 Å². The van der Waals surface area contributed by atoms with Gasteiger partial charge in [-0.3, -0.25) is 4.79 Å². The van der Waals surface area contributed by atoms with Gasteiger partial charge < -0.3 is 9.80 Å². The van der Waals surface area contributed by atoms with E-state index < -0.39 is 11.7 Å². The molecule has 0 spiro atoms. The predicted molar refractivity (Wildman–Crippen MR) is 113 cm³/mol. The van der Waals surface area contributed by atoms with E-state index in [1.54, 1.807) is 29.2 Å². The number of piperazine rings is 1. The van der Waals surface area contributed by atoms with E-state index >= 15 is 0 Å². The van der Waals surface area contributed by atoms with Crippen LogP contribution in [0.2, 0.25) is 0 Å². The summed E-state index contributed by atoms with van der Waals surface area (Å²) in [6.45, 7) is 2.36. The first kappa shape index (κ1) is 20.5. The maximum Gasteiger partial charge on any atom is 0.416 e. The molecule has 9 heteroatoms. The molecule has 32 heavy (non-hydrogen) atoms. The number of likely N-dealkylation sites (tertiary alicyclic amines) is 1. The number of halogens is 3. The van der Waals surface area contributed by atoms with Crippen LogP contribution in [-0.2, 0) is 6.18 Å². The SMILES string of the molecule is Cc1c(C(F)(F)F)ccnc1N1C2CCC1CN(C(=O)c1ccccc1-n1cccn1)C2. The maximum atomic E-state index is 13.4. The van der Waals surface area contributed by atoms with Crippen LogP contribution in [0.1, 0.15) is 34.3 Å². The summed E-state index contributed by atoms with van der Waals surface area (Å²) in [4.78, 5) is 21.5. The second kappa shape index (κ2) is 7.65. The molecule has 0 N–H and O–H groups in total. The highest BCUT2D eigenvalue weighted by Crippen LogP contribution is 2.40. The fraction of sp³-hybridized carbons (Fsp3) is 0.348. The Bertz CT molecular complexity index is 1130. The van der Waals surface area contributed by atoms with Gasteiger partial charge in [0, 0.05) is 49.3 Å². The predicted octanol–water partition coefficient (Wildman–Crippen LogP) is 4.09. The molecule has 0 saturated carbocycles. The Morgan fingerprint density at radius 2 is 1.75 bits per heavy atom. The minimum absolute atomic E-state index is 0.0655. The molecule has 166 valence electrons. The van der Waals surface area contributed by atoms with Gasteiger partial charge >= 0.3 is 6.18 Å². The van der Waals surface area contributed by atoms with Crippen LogP contribution in [-0.4, -0.2) is 50.7 Å². The van der Waals surface area contributed by atoms with E-state index in [0.717, 1.165) is 18.9 Å². The van der Waals surface area contributed by atoms with Crippen molar-refractivity contribution in [1.82, 2.24) is 19.7 Å². The van der Waals surface area contributed by atoms with Crippen LogP contribution in [0.5, 0.6) is 0 Å². The third-order valence-corrected chi connectivity index (χ3v) is 6.38. The number of aromatic nitrogens is 3. The van der Waals surface area contributed by atoms with Gasteiger partial charge in [-0.25, -0.2) is 9.67 Å². The number of benzene rings is 1. The van der Waals surface area contributed by atoms with Gasteiger partial charge in [0.25, 0.3) is 5.91 Å². The lowest BCUT2D eigenvalue weighted by atomic mass is 10.1. The molecule has 2 unspecified atom stereocenters. The lowest BCUT2D eigenvalue weighted by molar-refractivity contribution is -0.138. The number of carbonyl (C=O) groups is 1. The Kier molecular flexibility index (Phi) is 4.91. The first-order valence-corrected chi connectivity index (χ1v) is 10.5. The van der Waals surface area contributed by atoms with Crippen molar-refractivity contribution in [1.29, 1.82) is 0 Å². The largest absolute Gasteiger partial charge is 0.416 e. The van der Waals surface area contributed by atoms with Gasteiger partial charge in [0.05, 0.1) is 16.8 Å². The molecule has 4 heterocycles. The van der Waals surface area contributed by atoms with Crippen molar-refractivity contribution in [3.05, 3.63) is 71.7 Å². The maximum absolute atomic E-state index is 13.4. The summed E-state index contributed by atoms with van der Waals surface area (Å²) in [7, 11) is 0. The molecule has 1 amide bonds. The normalized spacial score (nSPS) is 20.6. The number of amides is 1. The number of alkyl halides is 3. The second-order valence-corrected chi connectivity index (χ2v) is 8.28. The third kappa shape index (κ3) is 3.41. The lowest BCUT2D eigenvalue weighted by Crippen LogP contribution is -2.56. The molecular weight excluding hydrogens is 419 g/mol. The van der Waals surface area contributed by atoms with E-state index in [9.17, 15) is 18.0 Å². The zero-order valence-electron chi connectivity index (χ0n) is 17.5. The van der Waals surface area contributed by atoms with Crippen molar-refractivity contribution in [2.45, 2.75) is 38.0 Å². The molecule has 2 bridgehead atoms. The average molecular weight is 441 g/mol. The molecule has 2 aliphatic heterocycles. The Morgan fingerprint density at radius 1 is 1.03 bits per heavy atom. The summed E-state index contributed by atoms with van der Waals surface area (Å²) in [5.74, 6) is 0.276. The van der Waals surface area contributed by atoms with Crippen LogP contribution in [0.3, 0.4) is 0 Å². The second-order valence-electron chi connectivity index (χ2n) is 8.28. The van der Waals surface area contributed by atoms with Crippen LogP contribution in [0.25, 0.3) is 5.69 Å². The summed E-state index contributed by atoms with van der Waals surface area (Å²) in [6, 6.07) is 10.00. The topological polar surface area (TPSA) is 54.3 Å². The monoisotopic (exact) mass is 441 g/mol. The van der Waals surface area contributed by atoms with Crippen LogP contribution >= 0.6 is 0 Å². The number of rotatable bonds is 3. The molecule has 2 aliphatic rings. The highest BCUT2D eigenvalue weighted by atomic mass is 19.4. The number of carbonyl (C=O) groups excluding carboxylic acids is 1. The minimum atomic E-state index is -4.42. The number of nitrogens with zero attached hydrogens (tertiary/aromatic N) is 5. The average Bonchev–Trinajstić information content (AvgIpc) is 3.39. The Hall–Kier alpha value is -3.36. The van der Waals surface area contributed by atoms with Crippen LogP contribution in [0, 0.1) is 6.92 Å². The minimum Gasteiger partial charge on any atom is -0.347 e. The molecule has 3 aromatic rings. The highest BCUT2D eigenvalue weighted by Gasteiger charge is 2.44. The number of hydrogen-bond donors (Lipinski definition) is 0. The fourth-order valence-electron chi connectivity index (χ4n) is 4.94. The summed E-state index contributed by atoms with van der Waals surface area (Å²) >= 11 is 0. The Labute approximate surface area is 183 Å². The van der Waals surface area contributed by atoms with E-state index in [2.05, 4.69) is 10.1 Å². The van der Waals surface area contributed by atoms with Gasteiger partial charge in [0.2, 0.25) is 0 Å². The molecule has 6 nitrogen and oxygen atoms in total.